The van der Waals surface area contributed by atoms with Crippen molar-refractivity contribution < 1.29 is 0 Å². The van der Waals surface area contributed by atoms with E-state index >= 15 is 0 Å². The summed E-state index contributed by atoms with van der Waals surface area (Å²) in [7, 11) is 0. The summed E-state index contributed by atoms with van der Waals surface area (Å²) in [6, 6.07) is -0.116. The highest BCUT2D eigenvalue weighted by molar-refractivity contribution is 5.78. The summed E-state index contributed by atoms with van der Waals surface area (Å²) < 4.78 is 0. The van der Waals surface area contributed by atoms with Crippen molar-refractivity contribution in [3.05, 3.63) is 0 Å². The van der Waals surface area contributed by atoms with Gasteiger partial charge >= 0.3 is 0 Å². The highest BCUT2D eigenvalue weighted by Crippen LogP contribution is 1.99. The molecule has 1 unspecified atom stereocenters. The second-order valence-electron chi connectivity index (χ2n) is 3.98. The van der Waals surface area contributed by atoms with E-state index in [9.17, 15) is 0 Å². The predicted octanol–water partition coefficient (Wildman–Crippen LogP) is 1.10. The topological polar surface area (TPSA) is 50.4 Å². The first-order chi connectivity index (χ1) is 5.89. The first-order valence-corrected chi connectivity index (χ1v) is 4.46. The second-order valence-corrected chi connectivity index (χ2v) is 3.98. The number of aliphatic imine (C=N–C) groups is 1. The molecule has 3 heteroatoms. The molecule has 1 atom stereocenters. The minimum atomic E-state index is -0.116. The zero-order valence-electron chi connectivity index (χ0n) is 8.89. The molecule has 3 nitrogen and oxygen atoms in total. The first kappa shape index (κ1) is 11.8. The third kappa shape index (κ3) is 6.03. The lowest BCUT2D eigenvalue weighted by Gasteiger charge is -2.21. The van der Waals surface area contributed by atoms with Gasteiger partial charge in [0, 0.05) is 5.54 Å². The zero-order valence-corrected chi connectivity index (χ0v) is 8.89. The molecule has 0 spiro atoms. The molecule has 13 heavy (non-hydrogen) atoms. The number of terminal acetylenes is 1. The van der Waals surface area contributed by atoms with Crippen LogP contribution in [-0.2, 0) is 0 Å². The van der Waals surface area contributed by atoms with Gasteiger partial charge in [-0.2, -0.15) is 0 Å². The van der Waals surface area contributed by atoms with Crippen molar-refractivity contribution in [3.63, 3.8) is 0 Å². The normalized spacial score (nSPS) is 14.8. The van der Waals surface area contributed by atoms with Gasteiger partial charge in [0.1, 0.15) is 6.04 Å². The molecule has 0 radical (unpaired) electrons. The molecule has 0 aromatic rings. The summed E-state index contributed by atoms with van der Waals surface area (Å²) in [4.78, 5) is 4.15. The van der Waals surface area contributed by atoms with Crippen LogP contribution < -0.4 is 11.1 Å². The van der Waals surface area contributed by atoms with Crippen LogP contribution in [0, 0.1) is 12.3 Å². The van der Waals surface area contributed by atoms with Gasteiger partial charge in [-0.1, -0.05) is 12.8 Å². The number of nitrogens with two attached hydrogens (primary N) is 1. The summed E-state index contributed by atoms with van der Waals surface area (Å²) >= 11 is 0. The predicted molar refractivity (Wildman–Crippen MR) is 57.4 cm³/mol. The van der Waals surface area contributed by atoms with Crippen LogP contribution in [0.1, 0.15) is 34.1 Å². The average molecular weight is 181 g/mol. The van der Waals surface area contributed by atoms with Crippen LogP contribution >= 0.6 is 0 Å². The van der Waals surface area contributed by atoms with Gasteiger partial charge in [0.15, 0.2) is 5.96 Å². The quantitative estimate of drug-likeness (QED) is 0.381. The number of hydrogen-bond acceptors (Lipinski definition) is 1. The Balaban J connectivity index is 4.25. The Morgan fingerprint density at radius 1 is 1.62 bits per heavy atom. The van der Waals surface area contributed by atoms with E-state index < -0.39 is 0 Å². The van der Waals surface area contributed by atoms with Gasteiger partial charge in [-0.3, -0.25) is 0 Å². The maximum atomic E-state index is 5.66. The van der Waals surface area contributed by atoms with E-state index in [-0.39, 0.29) is 11.6 Å². The third-order valence-electron chi connectivity index (χ3n) is 1.38. The van der Waals surface area contributed by atoms with E-state index in [4.69, 9.17) is 12.2 Å². The fourth-order valence-electron chi connectivity index (χ4n) is 0.831. The molecule has 0 aliphatic carbocycles. The Labute approximate surface area is 80.8 Å². The van der Waals surface area contributed by atoms with Crippen LogP contribution in [0.15, 0.2) is 4.99 Å². The van der Waals surface area contributed by atoms with Crippen molar-refractivity contribution >= 4 is 5.96 Å². The van der Waals surface area contributed by atoms with Crippen molar-refractivity contribution in [3.8, 4) is 12.3 Å². The van der Waals surface area contributed by atoms with Crippen LogP contribution in [0.25, 0.3) is 0 Å². The first-order valence-electron chi connectivity index (χ1n) is 4.46. The van der Waals surface area contributed by atoms with E-state index in [0.717, 1.165) is 6.42 Å². The van der Waals surface area contributed by atoms with Gasteiger partial charge in [-0.25, -0.2) is 4.99 Å². The van der Waals surface area contributed by atoms with Crippen LogP contribution in [0.4, 0.5) is 0 Å². The number of nitrogens with one attached hydrogen (secondary N) is 1. The Bertz CT molecular complexity index is 217. The van der Waals surface area contributed by atoms with Crippen molar-refractivity contribution in [2.75, 3.05) is 0 Å². The van der Waals surface area contributed by atoms with E-state index in [2.05, 4.69) is 16.2 Å². The zero-order chi connectivity index (χ0) is 10.5. The van der Waals surface area contributed by atoms with Gasteiger partial charge in [-0.15, -0.1) is 6.42 Å². The molecule has 0 aliphatic rings. The monoisotopic (exact) mass is 181 g/mol. The van der Waals surface area contributed by atoms with Crippen molar-refractivity contribution in [1.29, 1.82) is 0 Å². The highest BCUT2D eigenvalue weighted by Gasteiger charge is 2.10. The molecule has 0 aromatic heterocycles. The lowest BCUT2D eigenvalue weighted by molar-refractivity contribution is 0.507. The molecule has 0 aromatic carbocycles. The Morgan fingerprint density at radius 2 is 2.15 bits per heavy atom. The van der Waals surface area contributed by atoms with Crippen molar-refractivity contribution in [2.45, 2.75) is 45.7 Å². The summed E-state index contributed by atoms with van der Waals surface area (Å²) in [5.41, 5.74) is 5.59. The molecular weight excluding hydrogens is 162 g/mol. The lowest BCUT2D eigenvalue weighted by Crippen LogP contribution is -2.45. The molecule has 0 fully saturated rings. The summed E-state index contributed by atoms with van der Waals surface area (Å²) in [6.45, 7) is 8.04. The summed E-state index contributed by atoms with van der Waals surface area (Å²) in [5.74, 6) is 2.98. The molecule has 0 amide bonds. The third-order valence-corrected chi connectivity index (χ3v) is 1.38. The molecule has 0 heterocycles. The molecule has 0 saturated heterocycles. The van der Waals surface area contributed by atoms with Gasteiger partial charge in [0.2, 0.25) is 0 Å². The van der Waals surface area contributed by atoms with Gasteiger partial charge in [0.25, 0.3) is 0 Å². The Morgan fingerprint density at radius 3 is 2.46 bits per heavy atom. The molecule has 74 valence electrons. The molecule has 3 N–H and O–H groups in total. The van der Waals surface area contributed by atoms with Crippen LogP contribution in [0.5, 0.6) is 0 Å². The molecule has 0 aliphatic heterocycles. The van der Waals surface area contributed by atoms with Crippen LogP contribution in [-0.4, -0.2) is 17.5 Å². The molecule has 0 rings (SSSR count). The summed E-state index contributed by atoms with van der Waals surface area (Å²) in [6.07, 6.45) is 6.06. The number of guanidine groups is 1. The fraction of sp³-hybridized carbons (Fsp3) is 0.700. The van der Waals surface area contributed by atoms with Crippen LogP contribution in [0.3, 0.4) is 0 Å². The number of rotatable bonds is 2. The lowest BCUT2D eigenvalue weighted by atomic mass is 10.1. The molecule has 0 bridgehead atoms. The minimum absolute atomic E-state index is 0.0690. The van der Waals surface area contributed by atoms with Crippen LogP contribution in [0.2, 0.25) is 0 Å². The Kier molecular flexibility index (Phi) is 4.33. The van der Waals surface area contributed by atoms with Crippen molar-refractivity contribution in [1.82, 2.24) is 5.32 Å². The smallest absolute Gasteiger partial charge is 0.190 e. The number of nitrogens with zero attached hydrogens (tertiary/aromatic N) is 1. The largest absolute Gasteiger partial charge is 0.370 e. The molecule has 0 saturated carbocycles. The molecular formula is C10H19N3. The van der Waals surface area contributed by atoms with E-state index in [1.807, 2.05) is 27.7 Å². The van der Waals surface area contributed by atoms with E-state index in [1.165, 1.54) is 0 Å². The van der Waals surface area contributed by atoms with E-state index in [1.54, 1.807) is 0 Å². The van der Waals surface area contributed by atoms with Crippen molar-refractivity contribution in [2.24, 2.45) is 10.7 Å². The van der Waals surface area contributed by atoms with E-state index in [0.29, 0.717) is 5.96 Å². The van der Waals surface area contributed by atoms with Gasteiger partial charge in [-0.05, 0) is 27.2 Å². The van der Waals surface area contributed by atoms with Gasteiger partial charge in [0.05, 0.1) is 0 Å². The average Bonchev–Trinajstić information content (AvgIpc) is 1.96. The number of hydrogen-bond donors (Lipinski definition) is 2. The standard InChI is InChI=1S/C10H19N3/c1-6-8(7-2)12-9(11)13-10(3,4)5/h1,8H,7H2,2-5H3,(H3,11,12,13). The second kappa shape index (κ2) is 4.76. The fourth-order valence-corrected chi connectivity index (χ4v) is 0.831. The minimum Gasteiger partial charge on any atom is -0.370 e. The Hall–Kier alpha value is -1.17. The summed E-state index contributed by atoms with van der Waals surface area (Å²) in [5, 5.41) is 3.05. The maximum absolute atomic E-state index is 5.66. The SMILES string of the molecule is C#CC(CC)N=C(N)NC(C)(C)C. The highest BCUT2D eigenvalue weighted by atomic mass is 15.1. The van der Waals surface area contributed by atoms with Gasteiger partial charge < -0.3 is 11.1 Å². The maximum Gasteiger partial charge on any atom is 0.190 e.